The van der Waals surface area contributed by atoms with Gasteiger partial charge in [0.1, 0.15) is 17.2 Å². The summed E-state index contributed by atoms with van der Waals surface area (Å²) in [6.45, 7) is 13.2. The molecule has 0 spiro atoms. The number of aromatic nitrogens is 1. The summed E-state index contributed by atoms with van der Waals surface area (Å²) in [6, 6.07) is 17.1. The van der Waals surface area contributed by atoms with Crippen LogP contribution in [-0.4, -0.2) is 49.2 Å². The van der Waals surface area contributed by atoms with Crippen molar-refractivity contribution in [3.8, 4) is 17.2 Å². The number of ether oxygens (including phenoxy) is 4. The maximum Gasteiger partial charge on any atom is 0.337 e. The molecule has 0 amide bonds. The van der Waals surface area contributed by atoms with Crippen LogP contribution in [0.3, 0.4) is 0 Å². The van der Waals surface area contributed by atoms with Crippen LogP contribution >= 0.6 is 12.2 Å². The van der Waals surface area contributed by atoms with Gasteiger partial charge < -0.3 is 28.8 Å². The molecule has 0 fully saturated rings. The highest BCUT2D eigenvalue weighted by molar-refractivity contribution is 7.80. The monoisotopic (exact) mass is 686 g/mol. The van der Waals surface area contributed by atoms with Crippen LogP contribution in [0.2, 0.25) is 0 Å². The number of hydrogen-bond donors (Lipinski definition) is 1. The van der Waals surface area contributed by atoms with Gasteiger partial charge in [-0.05, 0) is 78.1 Å². The number of aryl methyl sites for hydroxylation is 1. The van der Waals surface area contributed by atoms with Crippen molar-refractivity contribution in [2.24, 2.45) is 7.05 Å². The molecule has 0 unspecified atom stereocenters. The lowest BCUT2D eigenvalue weighted by Crippen LogP contribution is -2.22. The highest BCUT2D eigenvalue weighted by Gasteiger charge is 2.28. The van der Waals surface area contributed by atoms with Crippen LogP contribution in [0.4, 0.5) is 5.69 Å². The Morgan fingerprint density at radius 3 is 2.18 bits per heavy atom. The maximum atomic E-state index is 14.2. The first-order valence-electron chi connectivity index (χ1n) is 16.7. The van der Waals surface area contributed by atoms with E-state index in [0.717, 1.165) is 40.8 Å². The van der Waals surface area contributed by atoms with Gasteiger partial charge in [-0.25, -0.2) is 4.79 Å². The predicted octanol–water partition coefficient (Wildman–Crippen LogP) is 8.99. The summed E-state index contributed by atoms with van der Waals surface area (Å²) in [4.78, 5) is 26.9. The Kier molecular flexibility index (Phi) is 11.8. The Balaban J connectivity index is 1.65. The lowest BCUT2D eigenvalue weighted by atomic mass is 9.76. The number of benzene rings is 3. The molecule has 1 heterocycles. The second kappa shape index (κ2) is 15.5. The standard InChI is InChI=1S/C40H50N2O6S/c1-11-39(3,4)26-14-19-34(29(22-26)40(5,6)12-2)48-24-33(43)37-28-23-27(45-8)15-16-31(28)42(7)32(37)17-20-36(49)41-30-21-25(38(44)47-10)13-18-35(30)46-9/h13-16,18-19,21-23H,11-12,17,20,24H2,1-10H3,(H,41,49). The molecule has 3 aromatic carbocycles. The largest absolute Gasteiger partial charge is 0.497 e. The number of hydrogen-bond acceptors (Lipinski definition) is 7. The van der Waals surface area contributed by atoms with E-state index < -0.39 is 5.97 Å². The molecule has 0 radical (unpaired) electrons. The number of Topliss-reactive ketones (excluding diaryl/α,β-unsaturated/α-hetero) is 1. The minimum Gasteiger partial charge on any atom is -0.497 e. The van der Waals surface area contributed by atoms with E-state index in [0.29, 0.717) is 46.1 Å². The fourth-order valence-electron chi connectivity index (χ4n) is 5.92. The first kappa shape index (κ1) is 37.4. The van der Waals surface area contributed by atoms with E-state index in [1.165, 1.54) is 12.7 Å². The van der Waals surface area contributed by atoms with E-state index in [-0.39, 0.29) is 23.2 Å². The van der Waals surface area contributed by atoms with Gasteiger partial charge in [-0.1, -0.05) is 65.9 Å². The van der Waals surface area contributed by atoms with Crippen LogP contribution in [0.15, 0.2) is 54.6 Å². The molecule has 4 aromatic rings. The molecule has 1 aromatic heterocycles. The zero-order valence-corrected chi connectivity index (χ0v) is 31.4. The second-order valence-corrected chi connectivity index (χ2v) is 14.1. The quantitative estimate of drug-likeness (QED) is 0.0754. The number of methoxy groups -OCH3 is 3. The number of thiocarbonyl (C=S) groups is 1. The van der Waals surface area contributed by atoms with E-state index >= 15 is 0 Å². The van der Waals surface area contributed by atoms with Gasteiger partial charge in [0, 0.05) is 35.6 Å². The molecule has 0 aliphatic rings. The number of nitrogens with one attached hydrogen (secondary N) is 1. The number of rotatable bonds is 15. The highest BCUT2D eigenvalue weighted by atomic mass is 32.1. The van der Waals surface area contributed by atoms with E-state index in [1.54, 1.807) is 32.4 Å². The van der Waals surface area contributed by atoms with Crippen LogP contribution in [0.5, 0.6) is 17.2 Å². The number of fused-ring (bicyclic) bond motifs is 1. The van der Waals surface area contributed by atoms with Crippen LogP contribution < -0.4 is 19.5 Å². The lowest BCUT2D eigenvalue weighted by Gasteiger charge is -2.30. The van der Waals surface area contributed by atoms with E-state index in [9.17, 15) is 9.59 Å². The molecular weight excluding hydrogens is 637 g/mol. The molecule has 0 aliphatic carbocycles. The zero-order chi connectivity index (χ0) is 36.1. The first-order valence-corrected chi connectivity index (χ1v) is 17.1. The first-order chi connectivity index (χ1) is 23.2. The Morgan fingerprint density at radius 2 is 1.55 bits per heavy atom. The third kappa shape index (κ3) is 8.10. The Labute approximate surface area is 296 Å². The summed E-state index contributed by atoms with van der Waals surface area (Å²) < 4.78 is 24.3. The Morgan fingerprint density at radius 1 is 0.857 bits per heavy atom. The lowest BCUT2D eigenvalue weighted by molar-refractivity contribution is 0.0600. The van der Waals surface area contributed by atoms with Gasteiger partial charge in [0.25, 0.3) is 0 Å². The molecule has 8 nitrogen and oxygen atoms in total. The van der Waals surface area contributed by atoms with Gasteiger partial charge >= 0.3 is 5.97 Å². The number of esters is 1. The molecule has 49 heavy (non-hydrogen) atoms. The predicted molar refractivity (Wildman–Crippen MR) is 201 cm³/mol. The third-order valence-corrected chi connectivity index (χ3v) is 10.2. The van der Waals surface area contributed by atoms with Crippen LogP contribution in [-0.2, 0) is 29.0 Å². The fourth-order valence-corrected chi connectivity index (χ4v) is 6.13. The molecule has 9 heteroatoms. The molecule has 0 saturated carbocycles. The van der Waals surface area contributed by atoms with Crippen molar-refractivity contribution in [2.75, 3.05) is 33.3 Å². The van der Waals surface area contributed by atoms with Crippen molar-refractivity contribution in [1.82, 2.24) is 4.57 Å². The van der Waals surface area contributed by atoms with Crippen LogP contribution in [0.25, 0.3) is 10.9 Å². The van der Waals surface area contributed by atoms with Crippen molar-refractivity contribution < 1.29 is 28.5 Å². The van der Waals surface area contributed by atoms with Gasteiger partial charge in [0.2, 0.25) is 5.78 Å². The number of nitrogens with zero attached hydrogens (tertiary/aromatic N) is 1. The summed E-state index contributed by atoms with van der Waals surface area (Å²) in [5.41, 5.74) is 5.50. The normalized spacial score (nSPS) is 11.7. The van der Waals surface area contributed by atoms with Crippen molar-refractivity contribution in [2.45, 2.75) is 78.1 Å². The number of ketones is 1. The van der Waals surface area contributed by atoms with Crippen LogP contribution in [0, 0.1) is 0 Å². The minimum atomic E-state index is -0.459. The number of anilines is 1. The topological polar surface area (TPSA) is 88.0 Å². The van der Waals surface area contributed by atoms with Gasteiger partial charge in [0.15, 0.2) is 6.61 Å². The Bertz CT molecular complexity index is 1860. The number of carbonyl (C=O) groups is 2. The molecule has 262 valence electrons. The van der Waals surface area contributed by atoms with Crippen molar-refractivity contribution in [3.63, 3.8) is 0 Å². The molecule has 1 N–H and O–H groups in total. The molecular formula is C40H50N2O6S. The van der Waals surface area contributed by atoms with Crippen molar-refractivity contribution in [3.05, 3.63) is 82.5 Å². The van der Waals surface area contributed by atoms with Gasteiger partial charge in [-0.15, -0.1) is 0 Å². The molecule has 0 aliphatic heterocycles. The SMILES string of the molecule is CCC(C)(C)c1ccc(OCC(=O)c2c(CCC(=S)Nc3cc(C(=O)OC)ccc3OC)n(C)c3ccc(OC)cc23)c(C(C)(C)CC)c1. The van der Waals surface area contributed by atoms with E-state index in [4.69, 9.17) is 31.2 Å². The fraction of sp³-hybridized carbons (Fsp3) is 0.425. The van der Waals surface area contributed by atoms with Gasteiger partial charge in [-0.2, -0.15) is 0 Å². The van der Waals surface area contributed by atoms with Crippen molar-refractivity contribution in [1.29, 1.82) is 0 Å². The molecule has 4 rings (SSSR count). The average Bonchev–Trinajstić information content (AvgIpc) is 3.39. The Hall–Kier alpha value is -4.37. The smallest absolute Gasteiger partial charge is 0.337 e. The third-order valence-electron chi connectivity index (χ3n) is 9.91. The number of carbonyl (C=O) groups excluding carboxylic acids is 2. The van der Waals surface area contributed by atoms with Gasteiger partial charge in [-0.3, -0.25) is 4.79 Å². The summed E-state index contributed by atoms with van der Waals surface area (Å²) in [5.74, 6) is 1.34. The summed E-state index contributed by atoms with van der Waals surface area (Å²) in [6.07, 6.45) is 2.85. The van der Waals surface area contributed by atoms with Crippen molar-refractivity contribution >= 4 is 45.5 Å². The van der Waals surface area contributed by atoms with Crippen LogP contribution in [0.1, 0.15) is 98.3 Å². The van der Waals surface area contributed by atoms with E-state index in [1.807, 2.05) is 35.9 Å². The summed E-state index contributed by atoms with van der Waals surface area (Å²) in [5, 5.41) is 4.02. The molecule has 0 saturated heterocycles. The van der Waals surface area contributed by atoms with E-state index in [2.05, 4.69) is 59.0 Å². The second-order valence-electron chi connectivity index (χ2n) is 13.6. The maximum absolute atomic E-state index is 14.2. The minimum absolute atomic E-state index is 0.0224. The molecule has 0 atom stereocenters. The highest BCUT2D eigenvalue weighted by Crippen LogP contribution is 2.39. The summed E-state index contributed by atoms with van der Waals surface area (Å²) in [7, 11) is 6.46. The zero-order valence-electron chi connectivity index (χ0n) is 30.5. The molecule has 0 bridgehead atoms. The average molecular weight is 687 g/mol. The summed E-state index contributed by atoms with van der Waals surface area (Å²) >= 11 is 5.75. The van der Waals surface area contributed by atoms with Gasteiger partial charge in [0.05, 0.1) is 43.1 Å².